The van der Waals surface area contributed by atoms with Gasteiger partial charge in [-0.15, -0.1) is 0 Å². The first-order valence-corrected chi connectivity index (χ1v) is 5.68. The van der Waals surface area contributed by atoms with Gasteiger partial charge in [-0.2, -0.15) is 0 Å². The normalized spacial score (nSPS) is 19.4. The standard InChI is InChI=1S/C11H16N4O3/c1-12-11(16)8-6-15(3-4-18-8)9-5-10(17-2)14-7-13-9/h5,7-8H,3-4,6H2,1-2H3,(H,12,16). The van der Waals surface area contributed by atoms with E-state index in [1.807, 2.05) is 4.90 Å². The van der Waals surface area contributed by atoms with E-state index in [0.29, 0.717) is 25.6 Å². The van der Waals surface area contributed by atoms with Crippen LogP contribution in [0.15, 0.2) is 12.4 Å². The lowest BCUT2D eigenvalue weighted by atomic mass is 10.2. The molecule has 0 spiro atoms. The molecule has 1 unspecified atom stereocenters. The van der Waals surface area contributed by atoms with E-state index in [0.717, 1.165) is 5.82 Å². The molecule has 1 amide bonds. The molecule has 7 heteroatoms. The van der Waals surface area contributed by atoms with Crippen LogP contribution in [-0.2, 0) is 9.53 Å². The zero-order valence-corrected chi connectivity index (χ0v) is 10.4. The van der Waals surface area contributed by atoms with Crippen molar-refractivity contribution in [2.75, 3.05) is 38.8 Å². The van der Waals surface area contributed by atoms with Gasteiger partial charge in [0.05, 0.1) is 20.3 Å². The summed E-state index contributed by atoms with van der Waals surface area (Å²) in [5.74, 6) is 1.11. The third kappa shape index (κ3) is 2.67. The molecule has 0 aromatic carbocycles. The van der Waals surface area contributed by atoms with Crippen LogP contribution in [0.2, 0.25) is 0 Å². The molecule has 0 radical (unpaired) electrons. The number of methoxy groups -OCH3 is 1. The van der Waals surface area contributed by atoms with Crippen LogP contribution in [-0.4, -0.2) is 55.8 Å². The number of carbonyl (C=O) groups excluding carboxylic acids is 1. The van der Waals surface area contributed by atoms with Gasteiger partial charge in [0, 0.05) is 19.7 Å². The number of rotatable bonds is 3. The molecule has 0 bridgehead atoms. The number of anilines is 1. The van der Waals surface area contributed by atoms with Crippen LogP contribution in [0.1, 0.15) is 0 Å². The van der Waals surface area contributed by atoms with E-state index in [-0.39, 0.29) is 5.91 Å². The number of aromatic nitrogens is 2. The van der Waals surface area contributed by atoms with Gasteiger partial charge in [0.2, 0.25) is 5.88 Å². The maximum Gasteiger partial charge on any atom is 0.250 e. The predicted octanol–water partition coefficient (Wildman–Crippen LogP) is -0.564. The molecule has 18 heavy (non-hydrogen) atoms. The van der Waals surface area contributed by atoms with Crippen LogP contribution in [0.3, 0.4) is 0 Å². The third-order valence-corrected chi connectivity index (χ3v) is 2.77. The molecule has 1 fully saturated rings. The Morgan fingerprint density at radius 3 is 3.17 bits per heavy atom. The maximum absolute atomic E-state index is 11.5. The molecular formula is C11H16N4O3. The molecule has 1 aliphatic heterocycles. The number of hydrogen-bond donors (Lipinski definition) is 1. The Labute approximate surface area is 105 Å². The van der Waals surface area contributed by atoms with E-state index in [1.54, 1.807) is 20.2 Å². The summed E-state index contributed by atoms with van der Waals surface area (Å²) >= 11 is 0. The average Bonchev–Trinajstić information content (AvgIpc) is 2.46. The first kappa shape index (κ1) is 12.6. The fraction of sp³-hybridized carbons (Fsp3) is 0.545. The molecule has 1 aromatic rings. The Balaban J connectivity index is 2.10. The highest BCUT2D eigenvalue weighted by atomic mass is 16.5. The van der Waals surface area contributed by atoms with Crippen LogP contribution >= 0.6 is 0 Å². The van der Waals surface area contributed by atoms with Gasteiger partial charge in [-0.3, -0.25) is 4.79 Å². The van der Waals surface area contributed by atoms with Crippen LogP contribution in [0.25, 0.3) is 0 Å². The quantitative estimate of drug-likeness (QED) is 0.777. The Bertz CT molecular complexity index is 427. The molecule has 2 rings (SSSR count). The number of nitrogens with one attached hydrogen (secondary N) is 1. The van der Waals surface area contributed by atoms with Crippen molar-refractivity contribution >= 4 is 11.7 Å². The molecule has 2 heterocycles. The molecule has 1 aliphatic rings. The molecule has 7 nitrogen and oxygen atoms in total. The topological polar surface area (TPSA) is 76.6 Å². The second-order valence-corrected chi connectivity index (χ2v) is 3.84. The second kappa shape index (κ2) is 5.63. The number of carbonyl (C=O) groups is 1. The van der Waals surface area contributed by atoms with Gasteiger partial charge in [-0.05, 0) is 0 Å². The number of nitrogens with zero attached hydrogens (tertiary/aromatic N) is 3. The van der Waals surface area contributed by atoms with Crippen molar-refractivity contribution in [2.24, 2.45) is 0 Å². The summed E-state index contributed by atoms with van der Waals surface area (Å²) in [4.78, 5) is 21.7. The highest BCUT2D eigenvalue weighted by molar-refractivity contribution is 5.81. The lowest BCUT2D eigenvalue weighted by Gasteiger charge is -2.32. The van der Waals surface area contributed by atoms with Crippen LogP contribution < -0.4 is 15.0 Å². The van der Waals surface area contributed by atoms with E-state index >= 15 is 0 Å². The highest BCUT2D eigenvalue weighted by Crippen LogP contribution is 2.18. The van der Waals surface area contributed by atoms with Crippen molar-refractivity contribution < 1.29 is 14.3 Å². The summed E-state index contributed by atoms with van der Waals surface area (Å²) in [6, 6.07) is 1.74. The fourth-order valence-corrected chi connectivity index (χ4v) is 1.79. The number of amides is 1. The first-order chi connectivity index (χ1) is 8.74. The lowest BCUT2D eigenvalue weighted by molar-refractivity contribution is -0.132. The van der Waals surface area contributed by atoms with Crippen molar-refractivity contribution in [1.82, 2.24) is 15.3 Å². The molecule has 98 valence electrons. The van der Waals surface area contributed by atoms with Crippen LogP contribution in [0.5, 0.6) is 5.88 Å². The summed E-state index contributed by atoms with van der Waals surface area (Å²) in [6.07, 6.45) is 0.975. The third-order valence-electron chi connectivity index (χ3n) is 2.77. The van der Waals surface area contributed by atoms with Gasteiger partial charge in [-0.25, -0.2) is 9.97 Å². The van der Waals surface area contributed by atoms with Crippen LogP contribution in [0, 0.1) is 0 Å². The molecule has 1 aromatic heterocycles. The smallest absolute Gasteiger partial charge is 0.250 e. The minimum absolute atomic E-state index is 0.124. The van der Waals surface area contributed by atoms with Gasteiger partial charge in [0.15, 0.2) is 6.10 Å². The Kier molecular flexibility index (Phi) is 3.93. The molecule has 1 N–H and O–H groups in total. The Morgan fingerprint density at radius 2 is 2.44 bits per heavy atom. The number of likely N-dealkylation sites (N-methyl/N-ethyl adjacent to an activating group) is 1. The largest absolute Gasteiger partial charge is 0.481 e. The predicted molar refractivity (Wildman–Crippen MR) is 64.6 cm³/mol. The number of morpholine rings is 1. The van der Waals surface area contributed by atoms with Crippen molar-refractivity contribution in [3.05, 3.63) is 12.4 Å². The molecule has 1 saturated heterocycles. The van der Waals surface area contributed by atoms with Gasteiger partial charge in [0.25, 0.3) is 5.91 Å². The molecule has 1 atom stereocenters. The minimum atomic E-state index is -0.468. The van der Waals surface area contributed by atoms with Gasteiger partial charge in [0.1, 0.15) is 12.1 Å². The summed E-state index contributed by atoms with van der Waals surface area (Å²) in [5, 5.41) is 2.58. The van der Waals surface area contributed by atoms with Crippen LogP contribution in [0.4, 0.5) is 5.82 Å². The number of hydrogen-bond acceptors (Lipinski definition) is 6. The second-order valence-electron chi connectivity index (χ2n) is 3.84. The van der Waals surface area contributed by atoms with E-state index in [1.165, 1.54) is 6.33 Å². The van der Waals surface area contributed by atoms with Crippen molar-refractivity contribution in [3.63, 3.8) is 0 Å². The summed E-state index contributed by atoms with van der Waals surface area (Å²) in [7, 11) is 3.15. The molecule has 0 aliphatic carbocycles. The van der Waals surface area contributed by atoms with Crippen molar-refractivity contribution in [2.45, 2.75) is 6.10 Å². The highest BCUT2D eigenvalue weighted by Gasteiger charge is 2.26. The molecule has 0 saturated carbocycles. The number of ether oxygens (including phenoxy) is 2. The molecular weight excluding hydrogens is 236 g/mol. The van der Waals surface area contributed by atoms with E-state index in [9.17, 15) is 4.79 Å². The zero-order valence-electron chi connectivity index (χ0n) is 10.4. The maximum atomic E-state index is 11.5. The first-order valence-electron chi connectivity index (χ1n) is 5.68. The van der Waals surface area contributed by atoms with Gasteiger partial charge >= 0.3 is 0 Å². The summed E-state index contributed by atoms with van der Waals surface area (Å²) < 4.78 is 10.5. The van der Waals surface area contributed by atoms with E-state index in [4.69, 9.17) is 9.47 Å². The van der Waals surface area contributed by atoms with Gasteiger partial charge < -0.3 is 19.7 Å². The Hall–Kier alpha value is -1.89. The van der Waals surface area contributed by atoms with Crippen molar-refractivity contribution in [3.8, 4) is 5.88 Å². The average molecular weight is 252 g/mol. The summed E-state index contributed by atoms with van der Waals surface area (Å²) in [5.41, 5.74) is 0. The Morgan fingerprint density at radius 1 is 1.61 bits per heavy atom. The minimum Gasteiger partial charge on any atom is -0.481 e. The fourth-order valence-electron chi connectivity index (χ4n) is 1.79. The van der Waals surface area contributed by atoms with E-state index in [2.05, 4.69) is 15.3 Å². The monoisotopic (exact) mass is 252 g/mol. The van der Waals surface area contributed by atoms with E-state index < -0.39 is 6.10 Å². The lowest BCUT2D eigenvalue weighted by Crippen LogP contribution is -2.49. The van der Waals surface area contributed by atoms with Crippen molar-refractivity contribution in [1.29, 1.82) is 0 Å². The zero-order chi connectivity index (χ0) is 13.0. The van der Waals surface area contributed by atoms with Gasteiger partial charge in [-0.1, -0.05) is 0 Å². The SMILES string of the molecule is CNC(=O)C1CN(c2cc(OC)ncn2)CCO1. The summed E-state index contributed by atoms with van der Waals surface area (Å²) in [6.45, 7) is 1.65.